The van der Waals surface area contributed by atoms with Gasteiger partial charge in [0.2, 0.25) is 5.79 Å². The lowest BCUT2D eigenvalue weighted by atomic mass is 9.79. The maximum absolute atomic E-state index is 13.7. The maximum atomic E-state index is 13.7. The van der Waals surface area contributed by atoms with E-state index in [1.807, 2.05) is 0 Å². The number of hydrogen-bond donors (Lipinski definition) is 2. The Bertz CT molecular complexity index is 1110. The second kappa shape index (κ2) is 14.4. The summed E-state index contributed by atoms with van der Waals surface area (Å²) in [4.78, 5) is 26.9. The summed E-state index contributed by atoms with van der Waals surface area (Å²) >= 11 is 0. The molecule has 2 aliphatic heterocycles. The number of ether oxygens (including phenoxy) is 5. The Morgan fingerprint density at radius 3 is 2.07 bits per heavy atom. The molecular formula is C34H50O9. The van der Waals surface area contributed by atoms with Crippen LogP contribution in [-0.2, 0) is 33.3 Å². The number of unbranched alkanes of at least 4 members (excludes halogenated alkanes) is 4. The number of aromatic hydroxyl groups is 2. The SMILES string of the molecule is CCCCC1(CCCC)O[C@H]2[C@H](OC(=O)/C=C/c3ccc(O)c(O)c3)C[C@]3(C[C@H]2O1)OC(CCCC)(CCCC)OC3=O. The topological polar surface area (TPSA) is 121 Å². The molecule has 4 atom stereocenters. The first-order valence-corrected chi connectivity index (χ1v) is 16.3. The number of benzene rings is 1. The van der Waals surface area contributed by atoms with Crippen LogP contribution in [0.1, 0.15) is 123 Å². The number of hydrogen-bond acceptors (Lipinski definition) is 9. The molecule has 3 aliphatic rings. The minimum Gasteiger partial charge on any atom is -0.504 e. The molecule has 43 heavy (non-hydrogen) atoms. The molecule has 1 saturated carbocycles. The summed E-state index contributed by atoms with van der Waals surface area (Å²) in [6, 6.07) is 4.27. The van der Waals surface area contributed by atoms with Crippen molar-refractivity contribution in [3.05, 3.63) is 29.8 Å². The first-order valence-electron chi connectivity index (χ1n) is 16.3. The van der Waals surface area contributed by atoms with Gasteiger partial charge in [-0.05, 0) is 49.5 Å². The highest BCUT2D eigenvalue weighted by molar-refractivity contribution is 5.87. The van der Waals surface area contributed by atoms with E-state index in [2.05, 4.69) is 27.7 Å². The zero-order chi connectivity index (χ0) is 31.1. The smallest absolute Gasteiger partial charge is 0.341 e. The third-order valence-electron chi connectivity index (χ3n) is 8.87. The second-order valence-corrected chi connectivity index (χ2v) is 12.4. The van der Waals surface area contributed by atoms with Crippen molar-refractivity contribution in [2.24, 2.45) is 0 Å². The molecule has 1 aliphatic carbocycles. The zero-order valence-electron chi connectivity index (χ0n) is 26.3. The summed E-state index contributed by atoms with van der Waals surface area (Å²) in [6.45, 7) is 8.46. The zero-order valence-corrected chi connectivity index (χ0v) is 26.3. The molecule has 2 N–H and O–H groups in total. The van der Waals surface area contributed by atoms with Crippen molar-refractivity contribution in [3.8, 4) is 11.5 Å². The predicted octanol–water partition coefficient (Wildman–Crippen LogP) is 7.07. The van der Waals surface area contributed by atoms with E-state index in [0.29, 0.717) is 18.4 Å². The van der Waals surface area contributed by atoms with E-state index in [1.165, 1.54) is 24.3 Å². The van der Waals surface area contributed by atoms with E-state index >= 15 is 0 Å². The summed E-state index contributed by atoms with van der Waals surface area (Å²) in [5, 5.41) is 19.4. The molecule has 1 spiro atoms. The first kappa shape index (κ1) is 33.3. The molecule has 2 saturated heterocycles. The molecule has 0 aromatic heterocycles. The molecule has 0 unspecified atom stereocenters. The minimum atomic E-state index is -1.30. The number of phenols is 2. The third kappa shape index (κ3) is 7.73. The van der Waals surface area contributed by atoms with Gasteiger partial charge in [-0.25, -0.2) is 9.59 Å². The molecule has 1 aromatic rings. The Morgan fingerprint density at radius 1 is 0.884 bits per heavy atom. The monoisotopic (exact) mass is 602 g/mol. The van der Waals surface area contributed by atoms with Gasteiger partial charge in [-0.15, -0.1) is 0 Å². The summed E-state index contributed by atoms with van der Waals surface area (Å²) in [5.41, 5.74) is -0.780. The van der Waals surface area contributed by atoms with Crippen LogP contribution in [0.3, 0.4) is 0 Å². The maximum Gasteiger partial charge on any atom is 0.341 e. The standard InChI is InChI=1S/C34H50O9/c1-5-9-17-33(18-10-6-2)40-28-23-32(31(38)42-34(43-32,19-11-7-3)20-12-8-4)22-27(30(28)41-33)39-29(37)16-14-24-13-15-25(35)26(36)21-24/h13-16,21,27-28,30,35-36H,5-12,17-20,22-23H2,1-4H3/b16-14+/t27-,28-,30+,32-/m1/s1. The Labute approximate surface area is 255 Å². The number of carbonyl (C=O) groups excluding carboxylic acids is 2. The number of cyclic esters (lactones) is 1. The van der Waals surface area contributed by atoms with Crippen LogP contribution in [0.15, 0.2) is 24.3 Å². The number of fused-ring (bicyclic) bond motifs is 1. The van der Waals surface area contributed by atoms with Crippen LogP contribution in [0.25, 0.3) is 6.08 Å². The Balaban J connectivity index is 1.62. The van der Waals surface area contributed by atoms with Gasteiger partial charge in [0.15, 0.2) is 22.9 Å². The van der Waals surface area contributed by atoms with Crippen molar-refractivity contribution in [2.45, 2.75) is 153 Å². The van der Waals surface area contributed by atoms with E-state index in [0.717, 1.165) is 64.2 Å². The lowest BCUT2D eigenvalue weighted by Crippen LogP contribution is -2.56. The van der Waals surface area contributed by atoms with Gasteiger partial charge in [-0.2, -0.15) is 0 Å². The lowest BCUT2D eigenvalue weighted by Gasteiger charge is -2.40. The van der Waals surface area contributed by atoms with Crippen molar-refractivity contribution >= 4 is 18.0 Å². The van der Waals surface area contributed by atoms with Crippen molar-refractivity contribution in [2.75, 3.05) is 0 Å². The summed E-state index contributed by atoms with van der Waals surface area (Å²) in [6.07, 6.45) is 11.5. The Morgan fingerprint density at radius 2 is 1.49 bits per heavy atom. The Hall–Kier alpha value is -2.62. The van der Waals surface area contributed by atoms with E-state index < -0.39 is 47.4 Å². The Kier molecular flexibility index (Phi) is 11.2. The lowest BCUT2D eigenvalue weighted by molar-refractivity contribution is -0.218. The number of rotatable bonds is 15. The average molecular weight is 603 g/mol. The molecule has 1 aromatic carbocycles. The fraction of sp³-hybridized carbons (Fsp3) is 0.706. The summed E-state index contributed by atoms with van der Waals surface area (Å²) < 4.78 is 32.3. The first-order chi connectivity index (χ1) is 20.6. The largest absolute Gasteiger partial charge is 0.504 e. The second-order valence-electron chi connectivity index (χ2n) is 12.4. The molecule has 0 amide bonds. The summed E-state index contributed by atoms with van der Waals surface area (Å²) in [7, 11) is 0. The molecule has 9 heteroatoms. The third-order valence-corrected chi connectivity index (χ3v) is 8.87. The van der Waals surface area contributed by atoms with Crippen LogP contribution in [-0.4, -0.2) is 57.6 Å². The molecule has 9 nitrogen and oxygen atoms in total. The van der Waals surface area contributed by atoms with Gasteiger partial charge >= 0.3 is 11.9 Å². The summed E-state index contributed by atoms with van der Waals surface area (Å²) in [5.74, 6) is -3.37. The van der Waals surface area contributed by atoms with Crippen LogP contribution in [0, 0.1) is 0 Å². The predicted molar refractivity (Wildman–Crippen MR) is 161 cm³/mol. The number of carbonyl (C=O) groups is 2. The molecule has 4 rings (SSSR count). The van der Waals surface area contributed by atoms with Crippen LogP contribution in [0.5, 0.6) is 11.5 Å². The molecule has 0 radical (unpaired) electrons. The van der Waals surface area contributed by atoms with Gasteiger partial charge in [0.1, 0.15) is 12.2 Å². The molecule has 2 heterocycles. The number of phenolic OH excluding ortho intramolecular Hbond substituents is 2. The van der Waals surface area contributed by atoms with Gasteiger partial charge in [-0.1, -0.05) is 59.4 Å². The van der Waals surface area contributed by atoms with Crippen molar-refractivity contribution in [1.29, 1.82) is 0 Å². The fourth-order valence-corrected chi connectivity index (χ4v) is 6.53. The van der Waals surface area contributed by atoms with Crippen LogP contribution in [0.2, 0.25) is 0 Å². The highest BCUT2D eigenvalue weighted by Crippen LogP contribution is 2.52. The van der Waals surface area contributed by atoms with Gasteiger partial charge in [0.25, 0.3) is 0 Å². The van der Waals surface area contributed by atoms with Crippen molar-refractivity contribution < 1.29 is 43.5 Å². The van der Waals surface area contributed by atoms with Crippen LogP contribution >= 0.6 is 0 Å². The molecule has 240 valence electrons. The van der Waals surface area contributed by atoms with E-state index in [4.69, 9.17) is 23.7 Å². The quantitative estimate of drug-likeness (QED) is 0.123. The normalized spacial score (nSPS) is 27.4. The van der Waals surface area contributed by atoms with Crippen molar-refractivity contribution in [1.82, 2.24) is 0 Å². The van der Waals surface area contributed by atoms with Gasteiger partial charge in [-0.3, -0.25) is 0 Å². The van der Waals surface area contributed by atoms with E-state index in [9.17, 15) is 19.8 Å². The van der Waals surface area contributed by atoms with Crippen LogP contribution in [0.4, 0.5) is 0 Å². The van der Waals surface area contributed by atoms with Crippen LogP contribution < -0.4 is 0 Å². The fourth-order valence-electron chi connectivity index (χ4n) is 6.53. The van der Waals surface area contributed by atoms with Crippen molar-refractivity contribution in [3.63, 3.8) is 0 Å². The number of esters is 2. The highest BCUT2D eigenvalue weighted by atomic mass is 16.8. The van der Waals surface area contributed by atoms with Gasteiger partial charge in [0.05, 0.1) is 6.10 Å². The van der Waals surface area contributed by atoms with Gasteiger partial charge in [0, 0.05) is 44.6 Å². The molecule has 0 bridgehead atoms. The van der Waals surface area contributed by atoms with E-state index in [1.54, 1.807) is 6.07 Å². The molecular weight excluding hydrogens is 552 g/mol. The highest BCUT2D eigenvalue weighted by Gasteiger charge is 2.66. The van der Waals surface area contributed by atoms with Gasteiger partial charge < -0.3 is 33.9 Å². The molecule has 3 fully saturated rings. The van der Waals surface area contributed by atoms with E-state index in [-0.39, 0.29) is 24.3 Å². The average Bonchev–Trinajstić information content (AvgIpc) is 3.48. The minimum absolute atomic E-state index is 0.119.